The van der Waals surface area contributed by atoms with E-state index in [0.29, 0.717) is 0 Å². The van der Waals surface area contributed by atoms with Gasteiger partial charge in [-0.2, -0.15) is 0 Å². The number of cyclic esters (lactones) is 2. The van der Waals surface area contributed by atoms with E-state index in [1.54, 1.807) is 0 Å². The van der Waals surface area contributed by atoms with Crippen molar-refractivity contribution in [3.8, 4) is 0 Å². The minimum atomic E-state index is -2.10. The maximum absolute atomic E-state index is 13.0. The predicted octanol–water partition coefficient (Wildman–Crippen LogP) is 1.62. The zero-order chi connectivity index (χ0) is 11.3. The Morgan fingerprint density at radius 2 is 1.13 bits per heavy atom. The number of hydrogen-bond donors (Lipinski definition) is 0. The normalized spacial score (nSPS) is 30.9. The van der Waals surface area contributed by atoms with E-state index in [1.807, 2.05) is 0 Å². The molecule has 2 aliphatic rings. The van der Waals surface area contributed by atoms with Crippen molar-refractivity contribution >= 4 is 11.9 Å². The third-order valence-electron chi connectivity index (χ3n) is 2.20. The number of esters is 2. The van der Waals surface area contributed by atoms with Gasteiger partial charge in [0.2, 0.25) is 0 Å². The van der Waals surface area contributed by atoms with E-state index in [-0.39, 0.29) is 0 Å². The average molecular weight is 222 g/mol. The molecule has 0 spiro atoms. The van der Waals surface area contributed by atoms with Gasteiger partial charge in [-0.1, -0.05) is 0 Å². The zero-order valence-corrected chi connectivity index (χ0v) is 6.89. The number of fused-ring (bicyclic) bond motifs is 1. The highest BCUT2D eigenvalue weighted by atomic mass is 19.2. The lowest BCUT2D eigenvalue weighted by Gasteiger charge is -2.15. The third-order valence-corrected chi connectivity index (χ3v) is 2.20. The van der Waals surface area contributed by atoms with Gasteiger partial charge in [0, 0.05) is 0 Å². The fourth-order valence-corrected chi connectivity index (χ4v) is 1.48. The highest BCUT2D eigenvalue weighted by molar-refractivity contribution is 6.00. The topological polar surface area (TPSA) is 43.4 Å². The molecule has 0 N–H and O–H groups in total. The molecule has 1 heterocycles. The van der Waals surface area contributed by atoms with Gasteiger partial charge >= 0.3 is 11.9 Å². The van der Waals surface area contributed by atoms with Crippen LogP contribution < -0.4 is 0 Å². The molecule has 15 heavy (non-hydrogen) atoms. The van der Waals surface area contributed by atoms with Crippen molar-refractivity contribution in [1.82, 2.24) is 0 Å². The van der Waals surface area contributed by atoms with Crippen LogP contribution in [0, 0.1) is 11.8 Å². The Hall–Kier alpha value is -1.66. The van der Waals surface area contributed by atoms with E-state index in [1.165, 1.54) is 0 Å². The monoisotopic (exact) mass is 222 g/mol. The van der Waals surface area contributed by atoms with Crippen LogP contribution in [0.1, 0.15) is 0 Å². The summed E-state index contributed by atoms with van der Waals surface area (Å²) in [7, 11) is 0. The number of hydrogen-bond acceptors (Lipinski definition) is 3. The molecular formula is C8H2F4O3. The Labute approximate surface area is 80.0 Å². The van der Waals surface area contributed by atoms with E-state index in [9.17, 15) is 27.2 Å². The largest absolute Gasteiger partial charge is 0.392 e. The summed E-state index contributed by atoms with van der Waals surface area (Å²) in [4.78, 5) is 21.7. The summed E-state index contributed by atoms with van der Waals surface area (Å²) in [5.74, 6) is -14.7. The predicted molar refractivity (Wildman–Crippen MR) is 36.6 cm³/mol. The molecule has 0 saturated carbocycles. The van der Waals surface area contributed by atoms with Crippen LogP contribution in [-0.4, -0.2) is 11.9 Å². The van der Waals surface area contributed by atoms with E-state index in [2.05, 4.69) is 4.74 Å². The fourth-order valence-electron chi connectivity index (χ4n) is 1.48. The van der Waals surface area contributed by atoms with Crippen molar-refractivity contribution in [2.45, 2.75) is 0 Å². The quantitative estimate of drug-likeness (QED) is 0.355. The van der Waals surface area contributed by atoms with Crippen LogP contribution >= 0.6 is 0 Å². The third kappa shape index (κ3) is 1.12. The second-order valence-electron chi connectivity index (χ2n) is 3.02. The number of ether oxygens (including phenoxy) is 1. The maximum atomic E-state index is 13.0. The second kappa shape index (κ2) is 2.91. The number of carbonyl (C=O) groups is 2. The molecule has 1 saturated heterocycles. The Morgan fingerprint density at radius 3 is 1.47 bits per heavy atom. The molecule has 0 amide bonds. The van der Waals surface area contributed by atoms with Gasteiger partial charge in [0.15, 0.2) is 23.3 Å². The minimum Gasteiger partial charge on any atom is -0.392 e. The Balaban J connectivity index is 2.61. The van der Waals surface area contributed by atoms with Crippen LogP contribution in [0.4, 0.5) is 17.6 Å². The van der Waals surface area contributed by atoms with Gasteiger partial charge in [0.1, 0.15) is 11.8 Å². The number of carbonyl (C=O) groups excluding carboxylic acids is 2. The van der Waals surface area contributed by atoms with E-state index in [0.717, 1.165) is 0 Å². The summed E-state index contributed by atoms with van der Waals surface area (Å²) in [6.07, 6.45) is 0. The summed E-state index contributed by atoms with van der Waals surface area (Å²) >= 11 is 0. The Bertz CT molecular complexity index is 397. The van der Waals surface area contributed by atoms with Crippen LogP contribution in [0.15, 0.2) is 23.3 Å². The van der Waals surface area contributed by atoms with Gasteiger partial charge in [-0.25, -0.2) is 17.6 Å². The first-order valence-electron chi connectivity index (χ1n) is 3.81. The lowest BCUT2D eigenvalue weighted by Crippen LogP contribution is -2.24. The van der Waals surface area contributed by atoms with Crippen LogP contribution in [0.3, 0.4) is 0 Å². The van der Waals surface area contributed by atoms with E-state index >= 15 is 0 Å². The molecule has 2 rings (SSSR count). The minimum absolute atomic E-state index is 1.42. The second-order valence-corrected chi connectivity index (χ2v) is 3.02. The summed E-state index contributed by atoms with van der Waals surface area (Å²) in [5, 5.41) is 0. The molecule has 1 aliphatic carbocycles. The average Bonchev–Trinajstić information content (AvgIpc) is 2.47. The lowest BCUT2D eigenvalue weighted by atomic mass is 9.88. The molecule has 0 aromatic rings. The van der Waals surface area contributed by atoms with Crippen LogP contribution in [-0.2, 0) is 14.3 Å². The standard InChI is InChI=1S/C8H2F4O3/c9-3-1-2(8(14)15-7(1)13)4(10)6(12)5(3)11/h1-2H. The molecule has 2 atom stereocenters. The van der Waals surface area contributed by atoms with Crippen LogP contribution in [0.25, 0.3) is 0 Å². The van der Waals surface area contributed by atoms with Gasteiger partial charge in [-0.3, -0.25) is 9.59 Å². The zero-order valence-electron chi connectivity index (χ0n) is 6.89. The van der Waals surface area contributed by atoms with E-state index in [4.69, 9.17) is 0 Å². The molecule has 0 radical (unpaired) electrons. The maximum Gasteiger partial charge on any atom is 0.324 e. The fraction of sp³-hybridized carbons (Fsp3) is 0.250. The lowest BCUT2D eigenvalue weighted by molar-refractivity contribution is -0.153. The van der Waals surface area contributed by atoms with Gasteiger partial charge in [0.05, 0.1) is 0 Å². The highest BCUT2D eigenvalue weighted by Gasteiger charge is 2.54. The molecule has 1 fully saturated rings. The van der Waals surface area contributed by atoms with E-state index < -0.39 is 47.1 Å². The molecule has 7 heteroatoms. The molecule has 0 aromatic heterocycles. The van der Waals surface area contributed by atoms with Crippen molar-refractivity contribution in [2.24, 2.45) is 11.8 Å². The Morgan fingerprint density at radius 1 is 0.800 bits per heavy atom. The first-order chi connectivity index (χ1) is 6.95. The number of halogens is 4. The molecule has 2 unspecified atom stereocenters. The first kappa shape index (κ1) is 9.88. The number of rotatable bonds is 0. The molecule has 3 nitrogen and oxygen atoms in total. The Kier molecular flexibility index (Phi) is 1.92. The first-order valence-corrected chi connectivity index (χ1v) is 3.81. The van der Waals surface area contributed by atoms with Gasteiger partial charge < -0.3 is 4.74 Å². The molecular weight excluding hydrogens is 220 g/mol. The molecule has 1 aliphatic heterocycles. The molecule has 0 bridgehead atoms. The van der Waals surface area contributed by atoms with Crippen molar-refractivity contribution in [3.63, 3.8) is 0 Å². The van der Waals surface area contributed by atoms with Crippen molar-refractivity contribution < 1.29 is 31.9 Å². The summed E-state index contributed by atoms with van der Waals surface area (Å²) in [6.45, 7) is 0. The SMILES string of the molecule is O=C1OC(=O)C2C(F)=C(F)C(F)=C(F)C12. The van der Waals surface area contributed by atoms with Crippen LogP contribution in [0.2, 0.25) is 0 Å². The number of allylic oxidation sites excluding steroid dienone is 2. The summed E-state index contributed by atoms with van der Waals surface area (Å²) < 4.78 is 55.2. The van der Waals surface area contributed by atoms with Crippen molar-refractivity contribution in [3.05, 3.63) is 23.3 Å². The van der Waals surface area contributed by atoms with Gasteiger partial charge in [-0.15, -0.1) is 0 Å². The summed E-state index contributed by atoms with van der Waals surface area (Å²) in [6, 6.07) is 0. The smallest absolute Gasteiger partial charge is 0.324 e. The van der Waals surface area contributed by atoms with Gasteiger partial charge in [0.25, 0.3) is 0 Å². The van der Waals surface area contributed by atoms with Crippen molar-refractivity contribution in [1.29, 1.82) is 0 Å². The molecule has 0 aromatic carbocycles. The van der Waals surface area contributed by atoms with Crippen molar-refractivity contribution in [2.75, 3.05) is 0 Å². The van der Waals surface area contributed by atoms with Crippen LogP contribution in [0.5, 0.6) is 0 Å². The summed E-state index contributed by atoms with van der Waals surface area (Å²) in [5.41, 5.74) is 0. The van der Waals surface area contributed by atoms with Gasteiger partial charge in [-0.05, 0) is 0 Å². The highest BCUT2D eigenvalue weighted by Crippen LogP contribution is 2.45. The molecule has 80 valence electrons.